The van der Waals surface area contributed by atoms with E-state index in [0.717, 1.165) is 16.6 Å². The molecule has 0 radical (unpaired) electrons. The molecule has 0 aliphatic carbocycles. The van der Waals surface area contributed by atoms with Crippen LogP contribution in [0, 0.1) is 6.92 Å². The van der Waals surface area contributed by atoms with Gasteiger partial charge < -0.3 is 10.7 Å². The topological polar surface area (TPSA) is 71.8 Å². The van der Waals surface area contributed by atoms with E-state index in [1.807, 2.05) is 25.1 Å². The van der Waals surface area contributed by atoms with Gasteiger partial charge >= 0.3 is 5.69 Å². The Morgan fingerprint density at radius 1 is 1.50 bits per heavy atom. The van der Waals surface area contributed by atoms with Gasteiger partial charge in [0.05, 0.1) is 5.52 Å². The molecule has 0 bridgehead atoms. The summed E-state index contributed by atoms with van der Waals surface area (Å²) in [5.74, 6) is 0. The number of nitrogens with two attached hydrogens (primary N) is 1. The molecule has 4 heteroatoms. The monoisotopic (exact) mass is 189 g/mol. The summed E-state index contributed by atoms with van der Waals surface area (Å²) >= 11 is 0. The number of H-pyrrole nitrogens is 1. The lowest BCUT2D eigenvalue weighted by molar-refractivity contribution is 0.959. The first-order valence-electron chi connectivity index (χ1n) is 4.40. The van der Waals surface area contributed by atoms with Gasteiger partial charge in [0.15, 0.2) is 0 Å². The van der Waals surface area contributed by atoms with E-state index < -0.39 is 0 Å². The van der Waals surface area contributed by atoms with E-state index in [0.29, 0.717) is 12.1 Å². The second-order valence-electron chi connectivity index (χ2n) is 3.25. The van der Waals surface area contributed by atoms with Crippen molar-refractivity contribution >= 4 is 10.9 Å². The summed E-state index contributed by atoms with van der Waals surface area (Å²) in [6, 6.07) is 5.78. The quantitative estimate of drug-likeness (QED) is 0.693. The van der Waals surface area contributed by atoms with Crippen LogP contribution in [0.25, 0.3) is 10.9 Å². The lowest BCUT2D eigenvalue weighted by Crippen LogP contribution is -2.15. The van der Waals surface area contributed by atoms with Crippen LogP contribution in [0.15, 0.2) is 23.0 Å². The Hall–Kier alpha value is -1.68. The highest BCUT2D eigenvalue weighted by Gasteiger charge is 2.02. The molecule has 4 nitrogen and oxygen atoms in total. The highest BCUT2D eigenvalue weighted by Crippen LogP contribution is 2.14. The van der Waals surface area contributed by atoms with Crippen LogP contribution in [0.2, 0.25) is 0 Å². The van der Waals surface area contributed by atoms with Crippen LogP contribution in [-0.4, -0.2) is 9.97 Å². The van der Waals surface area contributed by atoms with Crippen molar-refractivity contribution in [3.05, 3.63) is 39.9 Å². The van der Waals surface area contributed by atoms with Gasteiger partial charge in [0.25, 0.3) is 0 Å². The third-order valence-corrected chi connectivity index (χ3v) is 2.16. The maximum absolute atomic E-state index is 11.2. The minimum Gasteiger partial charge on any atom is -0.325 e. The van der Waals surface area contributed by atoms with Crippen molar-refractivity contribution in [2.75, 3.05) is 0 Å². The molecule has 0 fully saturated rings. The highest BCUT2D eigenvalue weighted by atomic mass is 16.1. The van der Waals surface area contributed by atoms with Crippen LogP contribution in [-0.2, 0) is 6.54 Å². The summed E-state index contributed by atoms with van der Waals surface area (Å²) in [5, 5.41) is 0.915. The summed E-state index contributed by atoms with van der Waals surface area (Å²) in [7, 11) is 0. The molecule has 0 spiro atoms. The van der Waals surface area contributed by atoms with Gasteiger partial charge in [-0.05, 0) is 18.6 Å². The Kier molecular flexibility index (Phi) is 2.05. The van der Waals surface area contributed by atoms with Gasteiger partial charge in [0.2, 0.25) is 0 Å². The number of rotatable bonds is 1. The van der Waals surface area contributed by atoms with Crippen molar-refractivity contribution in [1.29, 1.82) is 0 Å². The average molecular weight is 189 g/mol. The molecule has 72 valence electrons. The Morgan fingerprint density at radius 2 is 2.29 bits per heavy atom. The summed E-state index contributed by atoms with van der Waals surface area (Å²) in [4.78, 5) is 17.7. The summed E-state index contributed by atoms with van der Waals surface area (Å²) < 4.78 is 0. The minimum absolute atomic E-state index is 0.317. The first kappa shape index (κ1) is 8.90. The Balaban J connectivity index is 2.87. The molecule has 2 aromatic rings. The maximum atomic E-state index is 11.2. The average Bonchev–Trinajstić information content (AvgIpc) is 2.15. The number of fused-ring (bicyclic) bond motifs is 1. The first-order chi connectivity index (χ1) is 6.70. The molecule has 0 saturated carbocycles. The van der Waals surface area contributed by atoms with E-state index in [-0.39, 0.29) is 5.69 Å². The van der Waals surface area contributed by atoms with Gasteiger partial charge in [0, 0.05) is 17.6 Å². The molecular formula is C10H11N3O. The fraction of sp³-hybridized carbons (Fsp3) is 0.200. The molecule has 0 amide bonds. The predicted molar refractivity (Wildman–Crippen MR) is 55.0 cm³/mol. The summed E-state index contributed by atoms with van der Waals surface area (Å²) in [6.45, 7) is 2.28. The molecule has 3 N–H and O–H groups in total. The fourth-order valence-corrected chi connectivity index (χ4v) is 1.48. The molecule has 0 saturated heterocycles. The fourth-order valence-electron chi connectivity index (χ4n) is 1.48. The molecule has 0 aliphatic heterocycles. The second kappa shape index (κ2) is 3.23. The van der Waals surface area contributed by atoms with E-state index in [2.05, 4.69) is 9.97 Å². The van der Waals surface area contributed by atoms with Gasteiger partial charge in [0.1, 0.15) is 0 Å². The highest BCUT2D eigenvalue weighted by molar-refractivity contribution is 5.81. The Labute approximate surface area is 80.8 Å². The first-order valence-corrected chi connectivity index (χ1v) is 4.40. The Bertz CT molecular complexity index is 530. The van der Waals surface area contributed by atoms with Crippen LogP contribution in [0.4, 0.5) is 0 Å². The molecule has 0 unspecified atom stereocenters. The molecule has 1 heterocycles. The smallest absolute Gasteiger partial charge is 0.325 e. The minimum atomic E-state index is -0.344. The zero-order valence-corrected chi connectivity index (χ0v) is 7.87. The summed E-state index contributed by atoms with van der Waals surface area (Å²) in [5.41, 5.74) is 7.70. The third-order valence-electron chi connectivity index (χ3n) is 2.16. The largest absolute Gasteiger partial charge is 0.345 e. The number of aromatic amines is 1. The zero-order valence-electron chi connectivity index (χ0n) is 7.87. The van der Waals surface area contributed by atoms with Crippen molar-refractivity contribution in [3.63, 3.8) is 0 Å². The van der Waals surface area contributed by atoms with Gasteiger partial charge in [-0.1, -0.05) is 12.1 Å². The van der Waals surface area contributed by atoms with Crippen LogP contribution >= 0.6 is 0 Å². The van der Waals surface area contributed by atoms with E-state index in [1.165, 1.54) is 0 Å². The molecule has 2 rings (SSSR count). The third kappa shape index (κ3) is 1.40. The number of benzene rings is 1. The number of aryl methyl sites for hydroxylation is 1. The van der Waals surface area contributed by atoms with Crippen molar-refractivity contribution in [2.45, 2.75) is 13.5 Å². The standard InChI is InChI=1S/C10H11N3O/c1-6-2-3-7-8(4-6)12-10(14)13-9(7)5-11/h2-4H,5,11H2,1H3,(H,12,13,14). The molecule has 1 aromatic carbocycles. The number of hydrogen-bond acceptors (Lipinski definition) is 3. The van der Waals surface area contributed by atoms with Gasteiger partial charge in [-0.3, -0.25) is 0 Å². The lowest BCUT2D eigenvalue weighted by Gasteiger charge is -2.03. The summed E-state index contributed by atoms with van der Waals surface area (Å²) in [6.07, 6.45) is 0. The molecule has 0 atom stereocenters. The Morgan fingerprint density at radius 3 is 3.00 bits per heavy atom. The number of aromatic nitrogens is 2. The van der Waals surface area contributed by atoms with E-state index in [9.17, 15) is 4.79 Å². The number of hydrogen-bond donors (Lipinski definition) is 2. The van der Waals surface area contributed by atoms with Crippen molar-refractivity contribution in [3.8, 4) is 0 Å². The molecular weight excluding hydrogens is 178 g/mol. The molecule has 1 aromatic heterocycles. The van der Waals surface area contributed by atoms with E-state index >= 15 is 0 Å². The van der Waals surface area contributed by atoms with Gasteiger partial charge in [-0.15, -0.1) is 0 Å². The van der Waals surface area contributed by atoms with Crippen LogP contribution in [0.3, 0.4) is 0 Å². The van der Waals surface area contributed by atoms with E-state index in [4.69, 9.17) is 5.73 Å². The maximum Gasteiger partial charge on any atom is 0.345 e. The molecule has 14 heavy (non-hydrogen) atoms. The predicted octanol–water partition coefficient (Wildman–Crippen LogP) is 0.690. The van der Waals surface area contributed by atoms with Crippen molar-refractivity contribution in [2.24, 2.45) is 5.73 Å². The van der Waals surface area contributed by atoms with Gasteiger partial charge in [-0.25, -0.2) is 4.79 Å². The van der Waals surface area contributed by atoms with Crippen LogP contribution in [0.5, 0.6) is 0 Å². The van der Waals surface area contributed by atoms with Crippen LogP contribution in [0.1, 0.15) is 11.3 Å². The SMILES string of the molecule is Cc1ccc2c(CN)[nH]c(=O)nc2c1. The number of nitrogens with zero attached hydrogens (tertiary/aromatic N) is 1. The van der Waals surface area contributed by atoms with Crippen LogP contribution < -0.4 is 11.4 Å². The lowest BCUT2D eigenvalue weighted by atomic mass is 10.1. The molecule has 0 aliphatic rings. The van der Waals surface area contributed by atoms with Crippen molar-refractivity contribution in [1.82, 2.24) is 9.97 Å². The zero-order chi connectivity index (χ0) is 10.1. The van der Waals surface area contributed by atoms with Crippen molar-refractivity contribution < 1.29 is 0 Å². The van der Waals surface area contributed by atoms with E-state index in [1.54, 1.807) is 0 Å². The van der Waals surface area contributed by atoms with Gasteiger partial charge in [-0.2, -0.15) is 4.98 Å². The second-order valence-corrected chi connectivity index (χ2v) is 3.25. The number of nitrogens with one attached hydrogen (secondary N) is 1. The normalized spacial score (nSPS) is 10.7.